The molecule has 1 N–H and O–H groups in total. The molecule has 0 amide bonds. The van der Waals surface area contributed by atoms with Crippen molar-refractivity contribution in [3.8, 4) is 0 Å². The van der Waals surface area contributed by atoms with Crippen LogP contribution in [0.2, 0.25) is 0 Å². The molecule has 1 unspecified atom stereocenters. The third-order valence-corrected chi connectivity index (χ3v) is 4.56. The molecule has 0 spiro atoms. The molecule has 1 atom stereocenters. The highest BCUT2D eigenvalue weighted by molar-refractivity contribution is 7.89. The van der Waals surface area contributed by atoms with Gasteiger partial charge in [-0.05, 0) is 13.8 Å². The van der Waals surface area contributed by atoms with Gasteiger partial charge in [-0.3, -0.25) is 9.36 Å². The van der Waals surface area contributed by atoms with E-state index < -0.39 is 10.0 Å². The summed E-state index contributed by atoms with van der Waals surface area (Å²) in [6.07, 6.45) is 4.46. The highest BCUT2D eigenvalue weighted by atomic mass is 32.2. The lowest BCUT2D eigenvalue weighted by molar-refractivity contribution is 0.566. The van der Waals surface area contributed by atoms with Crippen molar-refractivity contribution in [1.29, 1.82) is 0 Å². The van der Waals surface area contributed by atoms with Crippen molar-refractivity contribution in [2.45, 2.75) is 24.8 Å². The number of rotatable bonds is 4. The summed E-state index contributed by atoms with van der Waals surface area (Å²) in [6, 6.07) is -0.348. The fourth-order valence-electron chi connectivity index (χ4n) is 1.84. The van der Waals surface area contributed by atoms with Crippen LogP contribution in [-0.2, 0) is 24.1 Å². The van der Waals surface area contributed by atoms with Crippen molar-refractivity contribution in [2.24, 2.45) is 14.1 Å². The van der Waals surface area contributed by atoms with Crippen LogP contribution in [-0.4, -0.2) is 28.0 Å². The van der Waals surface area contributed by atoms with Crippen LogP contribution in [0.3, 0.4) is 0 Å². The molecule has 19 heavy (non-hydrogen) atoms. The minimum Gasteiger partial charge on any atom is -0.274 e. The molecule has 2 aromatic rings. The molecule has 0 saturated heterocycles. The van der Waals surface area contributed by atoms with Crippen molar-refractivity contribution >= 4 is 10.0 Å². The molecular weight excluding hydrogens is 266 g/mol. The van der Waals surface area contributed by atoms with Crippen LogP contribution < -0.4 is 4.72 Å². The van der Waals surface area contributed by atoms with Gasteiger partial charge in [0.15, 0.2) is 0 Å². The van der Waals surface area contributed by atoms with Gasteiger partial charge in [0.05, 0.1) is 12.4 Å². The molecule has 0 saturated carbocycles. The van der Waals surface area contributed by atoms with Crippen molar-refractivity contribution in [3.05, 3.63) is 29.8 Å². The maximum atomic E-state index is 12.2. The lowest BCUT2D eigenvalue weighted by Gasteiger charge is -2.13. The Labute approximate surface area is 112 Å². The Kier molecular flexibility index (Phi) is 3.46. The van der Waals surface area contributed by atoms with E-state index in [4.69, 9.17) is 0 Å². The van der Waals surface area contributed by atoms with Gasteiger partial charge in [0, 0.05) is 37.6 Å². The van der Waals surface area contributed by atoms with Crippen molar-refractivity contribution < 1.29 is 8.42 Å². The lowest BCUT2D eigenvalue weighted by Crippen LogP contribution is -2.27. The van der Waals surface area contributed by atoms with Crippen LogP contribution in [0.4, 0.5) is 0 Å². The van der Waals surface area contributed by atoms with E-state index in [2.05, 4.69) is 14.9 Å². The smallest absolute Gasteiger partial charge is 0.244 e. The van der Waals surface area contributed by atoms with Gasteiger partial charge in [0.25, 0.3) is 0 Å². The summed E-state index contributed by atoms with van der Waals surface area (Å²) in [5.41, 5.74) is 1.79. The largest absolute Gasteiger partial charge is 0.274 e. The molecule has 2 heterocycles. The van der Waals surface area contributed by atoms with E-state index in [1.165, 1.54) is 17.1 Å². The summed E-state index contributed by atoms with van der Waals surface area (Å²) in [5, 5.41) is 7.98. The number of sulfonamides is 1. The molecule has 0 radical (unpaired) electrons. The van der Waals surface area contributed by atoms with Crippen LogP contribution in [0.5, 0.6) is 0 Å². The van der Waals surface area contributed by atoms with E-state index in [9.17, 15) is 8.42 Å². The first-order chi connectivity index (χ1) is 8.81. The summed E-state index contributed by atoms with van der Waals surface area (Å²) < 4.78 is 30.1. The van der Waals surface area contributed by atoms with Gasteiger partial charge >= 0.3 is 0 Å². The molecule has 0 aliphatic carbocycles. The molecule has 0 fully saturated rings. The molecule has 8 heteroatoms. The van der Waals surface area contributed by atoms with Gasteiger partial charge in [-0.1, -0.05) is 0 Å². The fraction of sp³-hybridized carbons (Fsp3) is 0.455. The van der Waals surface area contributed by atoms with E-state index in [1.54, 1.807) is 24.9 Å². The Morgan fingerprint density at radius 2 is 1.95 bits per heavy atom. The van der Waals surface area contributed by atoms with E-state index in [0.717, 1.165) is 11.3 Å². The van der Waals surface area contributed by atoms with Crippen molar-refractivity contribution in [3.63, 3.8) is 0 Å². The Balaban J connectivity index is 2.23. The highest BCUT2D eigenvalue weighted by Crippen LogP contribution is 2.19. The predicted molar refractivity (Wildman–Crippen MR) is 69.9 cm³/mol. The second kappa shape index (κ2) is 4.78. The van der Waals surface area contributed by atoms with E-state index >= 15 is 0 Å². The number of hydrogen-bond acceptors (Lipinski definition) is 4. The van der Waals surface area contributed by atoms with Gasteiger partial charge in [-0.25, -0.2) is 13.1 Å². The Morgan fingerprint density at radius 3 is 2.42 bits per heavy atom. The quantitative estimate of drug-likeness (QED) is 0.886. The Bertz CT molecular complexity index is 686. The zero-order valence-corrected chi connectivity index (χ0v) is 12.1. The summed E-state index contributed by atoms with van der Waals surface area (Å²) in [7, 11) is -0.0698. The molecule has 2 rings (SSSR count). The second-order valence-corrected chi connectivity index (χ2v) is 6.22. The maximum absolute atomic E-state index is 12.2. The Hall–Kier alpha value is -1.67. The number of nitrogens with one attached hydrogen (secondary N) is 1. The van der Waals surface area contributed by atoms with Gasteiger partial charge in [0.2, 0.25) is 10.0 Å². The number of nitrogens with zero attached hydrogens (tertiary/aromatic N) is 4. The molecule has 104 valence electrons. The van der Waals surface area contributed by atoms with Crippen LogP contribution in [0.25, 0.3) is 0 Å². The highest BCUT2D eigenvalue weighted by Gasteiger charge is 2.21. The van der Waals surface area contributed by atoms with Gasteiger partial charge in [0.1, 0.15) is 4.90 Å². The number of aryl methyl sites for hydroxylation is 2. The lowest BCUT2D eigenvalue weighted by atomic mass is 10.1. The average Bonchev–Trinajstić information content (AvgIpc) is 2.87. The molecule has 0 aliphatic rings. The first-order valence-electron chi connectivity index (χ1n) is 5.80. The van der Waals surface area contributed by atoms with Crippen LogP contribution in [0.1, 0.15) is 24.2 Å². The SMILES string of the molecule is Cc1c(C(C)NS(=O)(=O)c2cnn(C)c2)cnn1C. The van der Waals surface area contributed by atoms with Gasteiger partial charge < -0.3 is 0 Å². The summed E-state index contributed by atoms with van der Waals surface area (Å²) in [4.78, 5) is 0.156. The summed E-state index contributed by atoms with van der Waals surface area (Å²) in [6.45, 7) is 3.69. The van der Waals surface area contributed by atoms with Crippen LogP contribution in [0, 0.1) is 6.92 Å². The van der Waals surface area contributed by atoms with Crippen LogP contribution in [0.15, 0.2) is 23.5 Å². The monoisotopic (exact) mass is 283 g/mol. The molecule has 0 aromatic carbocycles. The third-order valence-electron chi connectivity index (χ3n) is 3.06. The average molecular weight is 283 g/mol. The molecular formula is C11H17N5O2S. The van der Waals surface area contributed by atoms with Gasteiger partial charge in [-0.15, -0.1) is 0 Å². The number of hydrogen-bond donors (Lipinski definition) is 1. The maximum Gasteiger partial charge on any atom is 0.244 e. The van der Waals surface area contributed by atoms with Crippen molar-refractivity contribution in [2.75, 3.05) is 0 Å². The second-order valence-electron chi connectivity index (χ2n) is 4.50. The van der Waals surface area contributed by atoms with Crippen LogP contribution >= 0.6 is 0 Å². The summed E-state index contributed by atoms with van der Waals surface area (Å²) in [5.74, 6) is 0. The summed E-state index contributed by atoms with van der Waals surface area (Å²) >= 11 is 0. The Morgan fingerprint density at radius 1 is 1.26 bits per heavy atom. The molecule has 0 bridgehead atoms. The zero-order chi connectivity index (χ0) is 14.2. The van der Waals surface area contributed by atoms with Gasteiger partial charge in [-0.2, -0.15) is 10.2 Å². The first-order valence-corrected chi connectivity index (χ1v) is 7.29. The third kappa shape index (κ3) is 2.69. The van der Waals surface area contributed by atoms with Crippen molar-refractivity contribution in [1.82, 2.24) is 24.3 Å². The fourth-order valence-corrected chi connectivity index (χ4v) is 3.05. The number of aromatic nitrogens is 4. The standard InChI is InChI=1S/C11H17N5O2S/c1-8(11-6-13-16(4)9(11)2)14-19(17,18)10-5-12-15(3)7-10/h5-8,14H,1-4H3. The molecule has 2 aromatic heterocycles. The zero-order valence-electron chi connectivity index (χ0n) is 11.3. The normalized spacial score (nSPS) is 13.7. The van der Waals surface area contributed by atoms with E-state index in [1.807, 2.05) is 14.0 Å². The topological polar surface area (TPSA) is 81.8 Å². The minimum atomic E-state index is -3.56. The predicted octanol–water partition coefficient (Wildman–Crippen LogP) is 0.502. The van der Waals surface area contributed by atoms with E-state index in [0.29, 0.717) is 0 Å². The molecule has 7 nitrogen and oxygen atoms in total. The first kappa shape index (κ1) is 13.8. The van der Waals surface area contributed by atoms with E-state index in [-0.39, 0.29) is 10.9 Å². The minimum absolute atomic E-state index is 0.156. The molecule has 0 aliphatic heterocycles.